The number of likely N-dealkylation sites (N-methyl/N-ethyl adjacent to an activating group) is 1. The molecule has 176 valence electrons. The smallest absolute Gasteiger partial charge is 0.338 e. The lowest BCUT2D eigenvalue weighted by Crippen LogP contribution is -2.28. The average molecular weight is 456 g/mol. The zero-order valence-corrected chi connectivity index (χ0v) is 19.0. The van der Waals surface area contributed by atoms with E-state index in [0.29, 0.717) is 25.3 Å². The number of nitrogens with one attached hydrogen (secondary N) is 1. The number of aromatic nitrogens is 1. The first-order chi connectivity index (χ1) is 15.8. The molecule has 0 saturated carbocycles. The Hall–Kier alpha value is -3.66. The van der Waals surface area contributed by atoms with Crippen molar-refractivity contribution in [2.45, 2.75) is 27.2 Å². The van der Waals surface area contributed by atoms with Crippen LogP contribution in [-0.2, 0) is 4.74 Å². The summed E-state index contributed by atoms with van der Waals surface area (Å²) in [6.45, 7) is 8.85. The molecule has 2 heterocycles. The van der Waals surface area contributed by atoms with Crippen molar-refractivity contribution in [3.8, 4) is 11.4 Å². The van der Waals surface area contributed by atoms with Crippen LogP contribution in [0.1, 0.15) is 58.3 Å². The molecule has 3 rings (SSSR count). The van der Waals surface area contributed by atoms with Gasteiger partial charge in [-0.05, 0) is 37.7 Å². The van der Waals surface area contributed by atoms with Crippen LogP contribution in [0.25, 0.3) is 5.69 Å². The van der Waals surface area contributed by atoms with Gasteiger partial charge in [0.2, 0.25) is 0 Å². The van der Waals surface area contributed by atoms with E-state index in [1.807, 2.05) is 20.8 Å². The van der Waals surface area contributed by atoms with Crippen molar-refractivity contribution in [3.05, 3.63) is 51.3 Å². The fourth-order valence-electron chi connectivity index (χ4n) is 3.57. The van der Waals surface area contributed by atoms with Crippen molar-refractivity contribution in [2.24, 2.45) is 0 Å². The molecule has 1 aliphatic rings. The van der Waals surface area contributed by atoms with Crippen molar-refractivity contribution in [1.29, 1.82) is 0 Å². The first-order valence-corrected chi connectivity index (χ1v) is 10.9. The Balaban J connectivity index is 2.01. The molecule has 0 fully saturated rings. The summed E-state index contributed by atoms with van der Waals surface area (Å²) in [6.07, 6.45) is 0.708. The lowest BCUT2D eigenvalue weighted by molar-refractivity contribution is 0.0466. The molecule has 2 amide bonds. The number of anilines is 1. The van der Waals surface area contributed by atoms with E-state index in [1.54, 1.807) is 12.1 Å². The third kappa shape index (κ3) is 4.90. The lowest BCUT2D eigenvalue weighted by atomic mass is 10.1. The van der Waals surface area contributed by atoms with Crippen LogP contribution in [0.2, 0.25) is 0 Å². The Morgan fingerprint density at radius 3 is 2.45 bits per heavy atom. The Bertz CT molecular complexity index is 1140. The van der Waals surface area contributed by atoms with Crippen molar-refractivity contribution < 1.29 is 23.9 Å². The van der Waals surface area contributed by atoms with Gasteiger partial charge in [0.1, 0.15) is 18.2 Å². The SMILES string of the molecule is CCCOc1ccc(C(=O)OCCN(CC)CC)cc1-n1c(N)c2c(cc1=O)C(=O)NC2=O. The summed E-state index contributed by atoms with van der Waals surface area (Å²) < 4.78 is 12.2. The summed E-state index contributed by atoms with van der Waals surface area (Å²) in [4.78, 5) is 51.8. The molecular formula is C23H28N4O6. The van der Waals surface area contributed by atoms with Gasteiger partial charge in [0.05, 0.1) is 29.0 Å². The number of esters is 1. The summed E-state index contributed by atoms with van der Waals surface area (Å²) in [5, 5.41) is 2.13. The zero-order chi connectivity index (χ0) is 24.1. The summed E-state index contributed by atoms with van der Waals surface area (Å²) in [7, 11) is 0. The summed E-state index contributed by atoms with van der Waals surface area (Å²) in [6, 6.07) is 5.57. The van der Waals surface area contributed by atoms with Gasteiger partial charge in [-0.3, -0.25) is 24.3 Å². The number of hydrogen-bond acceptors (Lipinski definition) is 8. The highest BCUT2D eigenvalue weighted by atomic mass is 16.5. The number of fused-ring (bicyclic) bond motifs is 1. The predicted octanol–water partition coefficient (Wildman–Crippen LogP) is 1.59. The number of nitrogens with zero attached hydrogens (tertiary/aromatic N) is 2. The number of carbonyl (C=O) groups is 3. The number of nitrogens with two attached hydrogens (primary N) is 1. The molecule has 0 aliphatic carbocycles. The van der Waals surface area contributed by atoms with Crippen molar-refractivity contribution >= 4 is 23.6 Å². The minimum Gasteiger partial charge on any atom is -0.491 e. The number of amides is 2. The van der Waals surface area contributed by atoms with Crippen LogP contribution in [0.15, 0.2) is 29.1 Å². The fourth-order valence-corrected chi connectivity index (χ4v) is 3.57. The van der Waals surface area contributed by atoms with Gasteiger partial charge >= 0.3 is 5.97 Å². The van der Waals surface area contributed by atoms with E-state index in [0.717, 1.165) is 23.7 Å². The lowest BCUT2D eigenvalue weighted by Gasteiger charge is -2.18. The molecule has 10 heteroatoms. The van der Waals surface area contributed by atoms with Crippen LogP contribution >= 0.6 is 0 Å². The maximum Gasteiger partial charge on any atom is 0.338 e. The normalized spacial score (nSPS) is 12.6. The van der Waals surface area contributed by atoms with Crippen LogP contribution in [0.3, 0.4) is 0 Å². The second-order valence-corrected chi connectivity index (χ2v) is 7.47. The average Bonchev–Trinajstić information content (AvgIpc) is 3.08. The van der Waals surface area contributed by atoms with E-state index >= 15 is 0 Å². The highest BCUT2D eigenvalue weighted by Gasteiger charge is 2.32. The third-order valence-electron chi connectivity index (χ3n) is 5.39. The third-order valence-corrected chi connectivity index (χ3v) is 5.39. The molecular weight excluding hydrogens is 428 g/mol. The molecule has 0 saturated heterocycles. The molecule has 0 atom stereocenters. The first-order valence-electron chi connectivity index (χ1n) is 10.9. The van der Waals surface area contributed by atoms with E-state index in [2.05, 4.69) is 10.2 Å². The molecule has 1 aromatic heterocycles. The quantitative estimate of drug-likeness (QED) is 0.407. The Kier molecular flexibility index (Phi) is 7.49. The van der Waals surface area contributed by atoms with Crippen LogP contribution in [-0.4, -0.2) is 60.1 Å². The fraction of sp³-hybridized carbons (Fsp3) is 0.391. The largest absolute Gasteiger partial charge is 0.491 e. The molecule has 0 unspecified atom stereocenters. The summed E-state index contributed by atoms with van der Waals surface area (Å²) in [5.41, 5.74) is 5.73. The second kappa shape index (κ2) is 10.3. The zero-order valence-electron chi connectivity index (χ0n) is 19.0. The summed E-state index contributed by atoms with van der Waals surface area (Å²) in [5.74, 6) is -1.85. The van der Waals surface area contributed by atoms with Crippen LogP contribution in [0.4, 0.5) is 5.82 Å². The molecule has 0 radical (unpaired) electrons. The maximum atomic E-state index is 12.9. The van der Waals surface area contributed by atoms with E-state index in [-0.39, 0.29) is 34.8 Å². The Morgan fingerprint density at radius 2 is 1.79 bits per heavy atom. The molecule has 1 aliphatic heterocycles. The number of benzene rings is 1. The van der Waals surface area contributed by atoms with Crippen LogP contribution in [0, 0.1) is 0 Å². The number of imide groups is 1. The van der Waals surface area contributed by atoms with Gasteiger partial charge in [-0.25, -0.2) is 4.79 Å². The van der Waals surface area contributed by atoms with Gasteiger partial charge in [-0.15, -0.1) is 0 Å². The molecule has 3 N–H and O–H groups in total. The topological polar surface area (TPSA) is 133 Å². The van der Waals surface area contributed by atoms with Crippen molar-refractivity contribution in [3.63, 3.8) is 0 Å². The minimum absolute atomic E-state index is 0.0817. The Labute approximate surface area is 191 Å². The maximum absolute atomic E-state index is 12.9. The minimum atomic E-state index is -0.691. The number of pyridine rings is 1. The molecule has 1 aromatic carbocycles. The molecule has 0 spiro atoms. The van der Waals surface area contributed by atoms with E-state index in [4.69, 9.17) is 15.2 Å². The summed E-state index contributed by atoms with van der Waals surface area (Å²) >= 11 is 0. The van der Waals surface area contributed by atoms with Crippen LogP contribution in [0.5, 0.6) is 5.75 Å². The van der Waals surface area contributed by atoms with E-state index in [1.165, 1.54) is 6.07 Å². The first kappa shape index (κ1) is 24.0. The van der Waals surface area contributed by atoms with Gasteiger partial charge in [-0.1, -0.05) is 20.8 Å². The predicted molar refractivity (Wildman–Crippen MR) is 122 cm³/mol. The molecule has 33 heavy (non-hydrogen) atoms. The van der Waals surface area contributed by atoms with E-state index in [9.17, 15) is 19.2 Å². The molecule has 0 bridgehead atoms. The second-order valence-electron chi connectivity index (χ2n) is 7.47. The van der Waals surface area contributed by atoms with Gasteiger partial charge in [0.25, 0.3) is 17.4 Å². The van der Waals surface area contributed by atoms with E-state index < -0.39 is 23.3 Å². The van der Waals surface area contributed by atoms with Gasteiger partial charge in [0, 0.05) is 12.6 Å². The van der Waals surface area contributed by atoms with Gasteiger partial charge < -0.3 is 20.1 Å². The highest BCUT2D eigenvalue weighted by molar-refractivity contribution is 6.23. The van der Waals surface area contributed by atoms with Crippen molar-refractivity contribution in [1.82, 2.24) is 14.8 Å². The molecule has 10 nitrogen and oxygen atoms in total. The number of ether oxygens (including phenoxy) is 2. The van der Waals surface area contributed by atoms with Crippen molar-refractivity contribution in [2.75, 3.05) is 38.6 Å². The van der Waals surface area contributed by atoms with Crippen LogP contribution < -0.4 is 21.3 Å². The van der Waals surface area contributed by atoms with Gasteiger partial charge in [0.15, 0.2) is 0 Å². The number of rotatable bonds is 10. The number of carbonyl (C=O) groups excluding carboxylic acids is 3. The number of nitrogen functional groups attached to an aromatic ring is 1. The van der Waals surface area contributed by atoms with Gasteiger partial charge in [-0.2, -0.15) is 0 Å². The monoisotopic (exact) mass is 456 g/mol. The number of hydrogen-bond donors (Lipinski definition) is 2. The standard InChI is InChI=1S/C23H28N4O6/c1-4-10-32-17-8-7-14(23(31)33-11-9-26(5-2)6-3)12-16(17)27-18(28)13-15-19(20(27)24)22(30)25-21(15)29/h7-8,12-13H,4-6,9-11,24H2,1-3H3,(H,25,29,30). The Morgan fingerprint density at radius 1 is 1.06 bits per heavy atom. The highest BCUT2D eigenvalue weighted by Crippen LogP contribution is 2.29. The molecule has 2 aromatic rings.